The Morgan fingerprint density at radius 3 is 2.22 bits per heavy atom. The zero-order valence-corrected chi connectivity index (χ0v) is 20.1. The third-order valence-electron chi connectivity index (χ3n) is 6.67. The molecule has 0 aliphatic heterocycles. The van der Waals surface area contributed by atoms with Gasteiger partial charge in [0.1, 0.15) is 5.75 Å². The van der Waals surface area contributed by atoms with Gasteiger partial charge in [-0.2, -0.15) is 0 Å². The van der Waals surface area contributed by atoms with E-state index in [0.717, 1.165) is 16.7 Å². The van der Waals surface area contributed by atoms with Crippen molar-refractivity contribution in [3.63, 3.8) is 0 Å². The minimum absolute atomic E-state index is 0. The van der Waals surface area contributed by atoms with E-state index in [1.807, 2.05) is 37.4 Å². The van der Waals surface area contributed by atoms with Crippen LogP contribution in [0.5, 0.6) is 5.75 Å². The van der Waals surface area contributed by atoms with E-state index >= 15 is 0 Å². The first-order valence-electron chi connectivity index (χ1n) is 10.8. The molecule has 0 radical (unpaired) electrons. The van der Waals surface area contributed by atoms with Crippen molar-refractivity contribution in [2.24, 2.45) is 11.7 Å². The average molecular weight is 460 g/mol. The van der Waals surface area contributed by atoms with Gasteiger partial charge in [0.05, 0.1) is 13.0 Å². The topological polar surface area (TPSA) is 84.7 Å². The molecule has 1 fully saturated rings. The van der Waals surface area contributed by atoms with Crippen LogP contribution >= 0.6 is 12.4 Å². The van der Waals surface area contributed by atoms with E-state index in [1.54, 1.807) is 26.1 Å². The van der Waals surface area contributed by atoms with Crippen LogP contribution in [0.1, 0.15) is 37.2 Å². The molecule has 2 amide bonds. The summed E-state index contributed by atoms with van der Waals surface area (Å²) in [6.07, 6.45) is 2.68. The zero-order valence-electron chi connectivity index (χ0n) is 19.3. The Bertz CT molecular complexity index is 925. The number of primary amides is 1. The Hall–Kier alpha value is -2.57. The van der Waals surface area contributed by atoms with Crippen LogP contribution in [0, 0.1) is 5.92 Å². The van der Waals surface area contributed by atoms with Crippen molar-refractivity contribution in [2.75, 3.05) is 28.3 Å². The van der Waals surface area contributed by atoms with Crippen LogP contribution in [0.3, 0.4) is 0 Å². The Labute approximate surface area is 196 Å². The van der Waals surface area contributed by atoms with E-state index in [4.69, 9.17) is 10.5 Å². The highest BCUT2D eigenvalue weighted by atomic mass is 35.5. The maximum Gasteiger partial charge on any atom is 0.231 e. The van der Waals surface area contributed by atoms with Gasteiger partial charge in [-0.3, -0.25) is 9.59 Å². The first-order valence-corrected chi connectivity index (χ1v) is 10.8. The number of hydrogen-bond acceptors (Lipinski definition) is 4. The molecule has 6 nitrogen and oxygen atoms in total. The molecule has 0 bridgehead atoms. The predicted octanol–water partition coefficient (Wildman–Crippen LogP) is 3.59. The van der Waals surface area contributed by atoms with Crippen LogP contribution in [0.2, 0.25) is 0 Å². The van der Waals surface area contributed by atoms with E-state index in [-0.39, 0.29) is 30.1 Å². The molecule has 0 spiro atoms. The van der Waals surface area contributed by atoms with Crippen LogP contribution < -0.4 is 15.8 Å². The van der Waals surface area contributed by atoms with Gasteiger partial charge in [-0.05, 0) is 56.0 Å². The molecule has 2 aromatic carbocycles. The lowest BCUT2D eigenvalue weighted by molar-refractivity contribution is -0.133. The van der Waals surface area contributed by atoms with Gasteiger partial charge in [-0.25, -0.2) is 0 Å². The van der Waals surface area contributed by atoms with Crippen molar-refractivity contribution in [1.82, 2.24) is 10.2 Å². The van der Waals surface area contributed by atoms with Crippen molar-refractivity contribution in [3.05, 3.63) is 54.1 Å². The molecule has 3 N–H and O–H groups in total. The number of methoxy groups -OCH3 is 1. The second-order valence-corrected chi connectivity index (χ2v) is 8.57. The Morgan fingerprint density at radius 1 is 1.09 bits per heavy atom. The SMILES string of the molecule is CNC1(C(C(=O)N(C)C)c2cc(-c3ccccc3)ccc2OC)CCC(C(N)=O)CC1.Cl. The monoisotopic (exact) mass is 459 g/mol. The molecule has 1 saturated carbocycles. The Morgan fingerprint density at radius 2 is 1.72 bits per heavy atom. The number of nitrogens with zero attached hydrogens (tertiary/aromatic N) is 1. The van der Waals surface area contributed by atoms with Gasteiger partial charge in [-0.1, -0.05) is 36.4 Å². The van der Waals surface area contributed by atoms with Crippen molar-refractivity contribution in [2.45, 2.75) is 37.1 Å². The number of benzene rings is 2. The third-order valence-corrected chi connectivity index (χ3v) is 6.67. The average Bonchev–Trinajstić information content (AvgIpc) is 2.79. The molecule has 0 aromatic heterocycles. The summed E-state index contributed by atoms with van der Waals surface area (Å²) < 4.78 is 5.71. The number of nitrogens with two attached hydrogens (primary N) is 1. The predicted molar refractivity (Wildman–Crippen MR) is 130 cm³/mol. The summed E-state index contributed by atoms with van der Waals surface area (Å²) in [7, 11) is 7.09. The number of carbonyl (C=O) groups is 2. The van der Waals surface area contributed by atoms with Crippen molar-refractivity contribution < 1.29 is 14.3 Å². The summed E-state index contributed by atoms with van der Waals surface area (Å²) in [5.41, 5.74) is 8.05. The summed E-state index contributed by atoms with van der Waals surface area (Å²) in [6, 6.07) is 16.1. The summed E-state index contributed by atoms with van der Waals surface area (Å²) in [5.74, 6) is -0.167. The maximum atomic E-state index is 13.6. The summed E-state index contributed by atoms with van der Waals surface area (Å²) in [5, 5.41) is 3.47. The quantitative estimate of drug-likeness (QED) is 0.662. The lowest BCUT2D eigenvalue weighted by atomic mass is 9.66. The Balaban J connectivity index is 0.00000363. The maximum absolute atomic E-state index is 13.6. The number of hydrogen-bond donors (Lipinski definition) is 2. The van der Waals surface area contributed by atoms with Gasteiger partial charge in [-0.15, -0.1) is 12.4 Å². The van der Waals surface area contributed by atoms with Gasteiger partial charge in [0.2, 0.25) is 11.8 Å². The standard InChI is InChI=1S/C25H33N3O3.ClH/c1-27-25(14-12-18(13-15-25)23(26)29)22(24(30)28(2)3)20-16-19(10-11-21(20)31-4)17-8-6-5-7-9-17;/h5-11,16,18,22,27H,12-15H2,1-4H3,(H2,26,29);1H. The fourth-order valence-corrected chi connectivity index (χ4v) is 4.80. The number of amides is 2. The lowest BCUT2D eigenvalue weighted by Gasteiger charge is -2.45. The van der Waals surface area contributed by atoms with E-state index < -0.39 is 11.5 Å². The molecule has 2 aromatic rings. The van der Waals surface area contributed by atoms with Crippen molar-refractivity contribution in [1.29, 1.82) is 0 Å². The highest BCUT2D eigenvalue weighted by Gasteiger charge is 2.47. The molecule has 174 valence electrons. The largest absolute Gasteiger partial charge is 0.496 e. The lowest BCUT2D eigenvalue weighted by Crippen LogP contribution is -2.55. The minimum Gasteiger partial charge on any atom is -0.496 e. The molecule has 1 atom stereocenters. The summed E-state index contributed by atoms with van der Waals surface area (Å²) >= 11 is 0. The number of carbonyl (C=O) groups excluding carboxylic acids is 2. The van der Waals surface area contributed by atoms with Crippen LogP contribution in [-0.4, -0.2) is 50.5 Å². The number of likely N-dealkylation sites (N-methyl/N-ethyl adjacent to an activating group) is 2. The van der Waals surface area contributed by atoms with Crippen LogP contribution in [0.15, 0.2) is 48.5 Å². The smallest absolute Gasteiger partial charge is 0.231 e. The number of nitrogens with one attached hydrogen (secondary N) is 1. The van der Waals surface area contributed by atoms with Gasteiger partial charge >= 0.3 is 0 Å². The van der Waals surface area contributed by atoms with Gasteiger partial charge in [0.25, 0.3) is 0 Å². The van der Waals surface area contributed by atoms with Gasteiger partial charge < -0.3 is 20.7 Å². The molecule has 7 heteroatoms. The molecule has 3 rings (SSSR count). The highest BCUT2D eigenvalue weighted by molar-refractivity contribution is 5.87. The number of rotatable bonds is 7. The Kier molecular flexibility index (Phi) is 8.70. The van der Waals surface area contributed by atoms with E-state index in [0.29, 0.717) is 31.4 Å². The fraction of sp³-hybridized carbons (Fsp3) is 0.440. The third kappa shape index (κ3) is 5.08. The van der Waals surface area contributed by atoms with Gasteiger partial charge in [0, 0.05) is 31.1 Å². The molecule has 1 aliphatic carbocycles. The normalized spacial score (nSPS) is 21.2. The van der Waals surface area contributed by atoms with Crippen molar-refractivity contribution >= 4 is 24.2 Å². The summed E-state index contributed by atoms with van der Waals surface area (Å²) in [6.45, 7) is 0. The second-order valence-electron chi connectivity index (χ2n) is 8.57. The van der Waals surface area contributed by atoms with Crippen LogP contribution in [-0.2, 0) is 9.59 Å². The molecule has 32 heavy (non-hydrogen) atoms. The molecule has 0 heterocycles. The van der Waals surface area contributed by atoms with E-state index in [9.17, 15) is 9.59 Å². The zero-order chi connectivity index (χ0) is 22.6. The first kappa shape index (κ1) is 25.7. The first-order chi connectivity index (χ1) is 14.8. The van der Waals surface area contributed by atoms with Crippen molar-refractivity contribution in [3.8, 4) is 16.9 Å². The molecule has 1 aliphatic rings. The van der Waals surface area contributed by atoms with E-state index in [2.05, 4.69) is 23.5 Å². The van der Waals surface area contributed by atoms with Crippen LogP contribution in [0.4, 0.5) is 0 Å². The molecule has 1 unspecified atom stereocenters. The number of halogens is 1. The summed E-state index contributed by atoms with van der Waals surface area (Å²) in [4.78, 5) is 27.0. The second kappa shape index (κ2) is 10.8. The van der Waals surface area contributed by atoms with Gasteiger partial charge in [0.15, 0.2) is 0 Å². The molecular formula is C25H34ClN3O3. The molecular weight excluding hydrogens is 426 g/mol. The molecule has 0 saturated heterocycles. The fourth-order valence-electron chi connectivity index (χ4n) is 4.80. The number of ether oxygens (including phenoxy) is 1. The van der Waals surface area contributed by atoms with E-state index in [1.165, 1.54) is 0 Å². The minimum atomic E-state index is -0.490. The van der Waals surface area contributed by atoms with Crippen LogP contribution in [0.25, 0.3) is 11.1 Å². The highest BCUT2D eigenvalue weighted by Crippen LogP contribution is 2.45.